The van der Waals surface area contributed by atoms with Gasteiger partial charge in [0.25, 0.3) is 0 Å². The molecule has 2 unspecified atom stereocenters. The molecule has 1 aliphatic heterocycles. The predicted octanol–water partition coefficient (Wildman–Crippen LogP) is 1.17. The molecule has 1 aliphatic rings. The molecule has 0 aromatic heterocycles. The summed E-state index contributed by atoms with van der Waals surface area (Å²) in [5.41, 5.74) is 6.81. The average molecular weight is 294 g/mol. The number of aliphatic hydroxyl groups is 1. The molecule has 1 heterocycles. The Kier molecular flexibility index (Phi) is 5.22. The van der Waals surface area contributed by atoms with E-state index in [-0.39, 0.29) is 24.4 Å². The van der Waals surface area contributed by atoms with Crippen LogP contribution >= 0.6 is 0 Å². The summed E-state index contributed by atoms with van der Waals surface area (Å²) in [6, 6.07) is 8.00. The zero-order valence-electron chi connectivity index (χ0n) is 13.1. The first-order valence-electron chi connectivity index (χ1n) is 7.36. The molecule has 118 valence electrons. The van der Waals surface area contributed by atoms with Crippen molar-refractivity contribution in [2.75, 3.05) is 33.4 Å². The van der Waals surface area contributed by atoms with Crippen LogP contribution in [0.1, 0.15) is 25.5 Å². The van der Waals surface area contributed by atoms with Crippen LogP contribution in [-0.2, 0) is 4.74 Å². The summed E-state index contributed by atoms with van der Waals surface area (Å²) in [5, 5.41) is 9.46. The Bertz CT molecular complexity index is 465. The van der Waals surface area contributed by atoms with E-state index in [4.69, 9.17) is 15.2 Å². The number of nitrogens with two attached hydrogens (primary N) is 1. The Balaban J connectivity index is 2.27. The fourth-order valence-corrected chi connectivity index (χ4v) is 3.09. The van der Waals surface area contributed by atoms with Crippen molar-refractivity contribution < 1.29 is 14.6 Å². The van der Waals surface area contributed by atoms with Crippen molar-refractivity contribution in [1.29, 1.82) is 0 Å². The van der Waals surface area contributed by atoms with Gasteiger partial charge in [0, 0.05) is 25.2 Å². The Labute approximate surface area is 126 Å². The Morgan fingerprint density at radius 3 is 2.81 bits per heavy atom. The lowest BCUT2D eigenvalue weighted by Gasteiger charge is -2.45. The van der Waals surface area contributed by atoms with Gasteiger partial charge in [0.1, 0.15) is 5.75 Å². The zero-order valence-corrected chi connectivity index (χ0v) is 13.1. The summed E-state index contributed by atoms with van der Waals surface area (Å²) < 4.78 is 11.3. The molecular formula is C16H26N2O3. The molecule has 1 aromatic carbocycles. The largest absolute Gasteiger partial charge is 0.496 e. The van der Waals surface area contributed by atoms with Crippen LogP contribution in [0.25, 0.3) is 0 Å². The minimum Gasteiger partial charge on any atom is -0.496 e. The van der Waals surface area contributed by atoms with Gasteiger partial charge in [0.15, 0.2) is 0 Å². The standard InChI is InChI=1S/C16H26N2O3/c1-16(2)11-18(9-12(10-19)21-16)14(8-17)13-6-4-5-7-15(13)20-3/h4-7,12,14,19H,8-11,17H2,1-3H3. The third kappa shape index (κ3) is 3.74. The number of rotatable bonds is 5. The van der Waals surface area contributed by atoms with Gasteiger partial charge in [0.05, 0.1) is 31.5 Å². The average Bonchev–Trinajstić information content (AvgIpc) is 2.47. The summed E-state index contributed by atoms with van der Waals surface area (Å²) in [7, 11) is 1.67. The molecule has 0 amide bonds. The van der Waals surface area contributed by atoms with Crippen LogP contribution in [0.4, 0.5) is 0 Å². The van der Waals surface area contributed by atoms with Crippen LogP contribution in [-0.4, -0.2) is 55.1 Å². The van der Waals surface area contributed by atoms with Gasteiger partial charge < -0.3 is 20.3 Å². The van der Waals surface area contributed by atoms with Crippen molar-refractivity contribution in [3.63, 3.8) is 0 Å². The summed E-state index contributed by atoms with van der Waals surface area (Å²) in [6.07, 6.45) is -0.183. The third-order valence-electron chi connectivity index (χ3n) is 3.87. The van der Waals surface area contributed by atoms with Crippen LogP contribution < -0.4 is 10.5 Å². The molecule has 1 saturated heterocycles. The topological polar surface area (TPSA) is 68.0 Å². The van der Waals surface area contributed by atoms with Crippen LogP contribution in [0.5, 0.6) is 5.75 Å². The Morgan fingerprint density at radius 2 is 2.19 bits per heavy atom. The Morgan fingerprint density at radius 1 is 1.48 bits per heavy atom. The van der Waals surface area contributed by atoms with Crippen LogP contribution in [0.15, 0.2) is 24.3 Å². The van der Waals surface area contributed by atoms with E-state index in [9.17, 15) is 5.11 Å². The molecule has 21 heavy (non-hydrogen) atoms. The van der Waals surface area contributed by atoms with Crippen molar-refractivity contribution in [2.45, 2.75) is 31.6 Å². The zero-order chi connectivity index (χ0) is 15.5. The molecule has 1 fully saturated rings. The normalized spacial score (nSPS) is 23.8. The highest BCUT2D eigenvalue weighted by Crippen LogP contribution is 2.32. The number of aliphatic hydroxyl groups excluding tert-OH is 1. The number of hydrogen-bond acceptors (Lipinski definition) is 5. The summed E-state index contributed by atoms with van der Waals surface area (Å²) >= 11 is 0. The van der Waals surface area contributed by atoms with Crippen LogP contribution in [0.3, 0.4) is 0 Å². The SMILES string of the molecule is COc1ccccc1C(CN)N1CC(CO)OC(C)(C)C1. The molecule has 1 aromatic rings. The number of benzene rings is 1. The van der Waals surface area contributed by atoms with Gasteiger partial charge >= 0.3 is 0 Å². The molecule has 2 rings (SSSR count). The van der Waals surface area contributed by atoms with E-state index in [1.165, 1.54) is 0 Å². The third-order valence-corrected chi connectivity index (χ3v) is 3.87. The van der Waals surface area contributed by atoms with Gasteiger partial charge in [-0.15, -0.1) is 0 Å². The summed E-state index contributed by atoms with van der Waals surface area (Å²) in [6.45, 7) is 6.02. The monoisotopic (exact) mass is 294 g/mol. The van der Waals surface area contributed by atoms with E-state index < -0.39 is 0 Å². The van der Waals surface area contributed by atoms with E-state index >= 15 is 0 Å². The van der Waals surface area contributed by atoms with Gasteiger partial charge in [-0.3, -0.25) is 4.90 Å². The van der Waals surface area contributed by atoms with Gasteiger partial charge in [-0.1, -0.05) is 18.2 Å². The number of hydrogen-bond donors (Lipinski definition) is 2. The highest BCUT2D eigenvalue weighted by Gasteiger charge is 2.36. The molecular weight excluding hydrogens is 268 g/mol. The second-order valence-corrected chi connectivity index (χ2v) is 6.11. The molecule has 5 heteroatoms. The van der Waals surface area contributed by atoms with Crippen LogP contribution in [0.2, 0.25) is 0 Å². The Hall–Kier alpha value is -1.14. The van der Waals surface area contributed by atoms with E-state index in [2.05, 4.69) is 4.90 Å². The highest BCUT2D eigenvalue weighted by molar-refractivity contribution is 5.36. The number of nitrogens with zero attached hydrogens (tertiary/aromatic N) is 1. The van der Waals surface area contributed by atoms with Crippen LogP contribution in [0, 0.1) is 0 Å². The molecule has 0 spiro atoms. The quantitative estimate of drug-likeness (QED) is 0.853. The number of para-hydroxylation sites is 1. The van der Waals surface area contributed by atoms with Gasteiger partial charge in [0.2, 0.25) is 0 Å². The second kappa shape index (κ2) is 6.75. The molecule has 3 N–H and O–H groups in total. The fourth-order valence-electron chi connectivity index (χ4n) is 3.09. The minimum atomic E-state index is -0.304. The summed E-state index contributed by atoms with van der Waals surface area (Å²) in [5.74, 6) is 0.845. The highest BCUT2D eigenvalue weighted by atomic mass is 16.5. The van der Waals surface area contributed by atoms with E-state index in [1.54, 1.807) is 7.11 Å². The maximum atomic E-state index is 9.46. The first-order valence-corrected chi connectivity index (χ1v) is 7.36. The lowest BCUT2D eigenvalue weighted by Crippen LogP contribution is -2.55. The first-order chi connectivity index (χ1) is 10.0. The first kappa shape index (κ1) is 16.2. The van der Waals surface area contributed by atoms with Crippen molar-refractivity contribution in [2.24, 2.45) is 5.73 Å². The molecule has 5 nitrogen and oxygen atoms in total. The van der Waals surface area contributed by atoms with Crippen molar-refractivity contribution in [3.8, 4) is 5.75 Å². The van der Waals surface area contributed by atoms with E-state index in [1.807, 2.05) is 38.1 Å². The number of methoxy groups -OCH3 is 1. The lowest BCUT2D eigenvalue weighted by molar-refractivity contribution is -0.156. The maximum Gasteiger partial charge on any atom is 0.123 e. The smallest absolute Gasteiger partial charge is 0.123 e. The second-order valence-electron chi connectivity index (χ2n) is 6.11. The maximum absolute atomic E-state index is 9.46. The fraction of sp³-hybridized carbons (Fsp3) is 0.625. The molecule has 2 atom stereocenters. The van der Waals surface area contributed by atoms with Gasteiger partial charge in [-0.2, -0.15) is 0 Å². The number of morpholine rings is 1. The molecule has 0 aliphatic carbocycles. The molecule has 0 bridgehead atoms. The number of ether oxygens (including phenoxy) is 2. The van der Waals surface area contributed by atoms with E-state index in [0.717, 1.165) is 17.9 Å². The minimum absolute atomic E-state index is 0.0170. The lowest BCUT2D eigenvalue weighted by atomic mass is 9.98. The predicted molar refractivity (Wildman–Crippen MR) is 82.4 cm³/mol. The molecule has 0 radical (unpaired) electrons. The summed E-state index contributed by atoms with van der Waals surface area (Å²) in [4.78, 5) is 2.28. The van der Waals surface area contributed by atoms with Crippen molar-refractivity contribution in [1.82, 2.24) is 4.90 Å². The van der Waals surface area contributed by atoms with Gasteiger partial charge in [-0.05, 0) is 19.9 Å². The van der Waals surface area contributed by atoms with Gasteiger partial charge in [-0.25, -0.2) is 0 Å². The van der Waals surface area contributed by atoms with E-state index in [0.29, 0.717) is 13.1 Å². The van der Waals surface area contributed by atoms with Crippen molar-refractivity contribution in [3.05, 3.63) is 29.8 Å². The van der Waals surface area contributed by atoms with Crippen molar-refractivity contribution >= 4 is 0 Å². The molecule has 0 saturated carbocycles.